The Labute approximate surface area is 59.2 Å². The third-order valence-electron chi connectivity index (χ3n) is 1.16. The van der Waals surface area contributed by atoms with Gasteiger partial charge < -0.3 is 11.5 Å². The Bertz CT molecular complexity index is 170. The normalized spacial score (nSPS) is 23.7. The summed E-state index contributed by atoms with van der Waals surface area (Å²) in [5.74, 6) is 0. The first kappa shape index (κ1) is 6.81. The van der Waals surface area contributed by atoms with Gasteiger partial charge in [0.1, 0.15) is 0 Å². The molecule has 0 amide bonds. The topological polar surface area (TPSA) is 52.0 Å². The fraction of sp³-hybridized carbons (Fsp3) is 0.333. The Morgan fingerprint density at radius 3 is 2.56 bits per heavy atom. The summed E-state index contributed by atoms with van der Waals surface area (Å²) in [6, 6.07) is 0. The van der Waals surface area contributed by atoms with E-state index in [1.807, 2.05) is 6.08 Å². The molecule has 1 aliphatic rings. The fourth-order valence-corrected chi connectivity index (χ4v) is 1.03. The van der Waals surface area contributed by atoms with Crippen molar-refractivity contribution in [1.29, 1.82) is 0 Å². The highest BCUT2D eigenvalue weighted by atomic mass is 35.5. The number of halogens is 1. The third kappa shape index (κ3) is 1.82. The number of allylic oxidation sites excluding steroid dienone is 2. The molecule has 0 spiro atoms. The molecule has 0 aromatic carbocycles. The van der Waals surface area contributed by atoms with Crippen molar-refractivity contribution in [3.63, 3.8) is 0 Å². The monoisotopic (exact) mass is 144 g/mol. The minimum Gasteiger partial charge on any atom is -0.310 e. The first-order valence-corrected chi connectivity index (χ1v) is 3.11. The lowest BCUT2D eigenvalue weighted by atomic mass is 10.0. The van der Waals surface area contributed by atoms with Crippen LogP contribution in [0.3, 0.4) is 0 Å². The van der Waals surface area contributed by atoms with Crippen molar-refractivity contribution in [2.75, 3.05) is 0 Å². The molecule has 50 valence electrons. The molecule has 0 atom stereocenters. The highest BCUT2D eigenvalue weighted by molar-refractivity contribution is 6.31. The molecule has 0 unspecified atom stereocenters. The first-order valence-electron chi connectivity index (χ1n) is 2.73. The molecule has 0 bridgehead atoms. The highest BCUT2D eigenvalue weighted by Crippen LogP contribution is 2.16. The average Bonchev–Trinajstić information content (AvgIpc) is 1.60. The van der Waals surface area contributed by atoms with E-state index in [1.54, 1.807) is 12.2 Å². The third-order valence-corrected chi connectivity index (χ3v) is 1.39. The van der Waals surface area contributed by atoms with Crippen LogP contribution in [0.5, 0.6) is 0 Å². The van der Waals surface area contributed by atoms with E-state index in [-0.39, 0.29) is 0 Å². The molecule has 0 aliphatic heterocycles. The number of hydrogen-bond acceptors (Lipinski definition) is 2. The lowest BCUT2D eigenvalue weighted by Gasteiger charge is -2.20. The SMILES string of the molecule is NC1(N)C=C(Cl)C=CC1. The molecule has 0 heterocycles. The van der Waals surface area contributed by atoms with Gasteiger partial charge in [0.15, 0.2) is 0 Å². The molecular formula is C6H9ClN2. The van der Waals surface area contributed by atoms with E-state index in [9.17, 15) is 0 Å². The Hall–Kier alpha value is -0.310. The van der Waals surface area contributed by atoms with E-state index < -0.39 is 5.66 Å². The van der Waals surface area contributed by atoms with Crippen LogP contribution in [0.4, 0.5) is 0 Å². The second-order valence-corrected chi connectivity index (χ2v) is 2.68. The maximum atomic E-state index is 5.62. The second-order valence-electron chi connectivity index (χ2n) is 2.25. The van der Waals surface area contributed by atoms with Crippen LogP contribution < -0.4 is 11.5 Å². The quantitative estimate of drug-likeness (QED) is 0.492. The van der Waals surface area contributed by atoms with Crippen LogP contribution in [-0.2, 0) is 0 Å². The van der Waals surface area contributed by atoms with Gasteiger partial charge in [0.25, 0.3) is 0 Å². The molecule has 0 fully saturated rings. The molecule has 0 aromatic heterocycles. The standard InChI is InChI=1S/C6H9ClN2/c7-5-2-1-3-6(8,9)4-5/h1-2,4H,3,8-9H2. The molecule has 4 N–H and O–H groups in total. The summed E-state index contributed by atoms with van der Waals surface area (Å²) in [5, 5.41) is 0.617. The largest absolute Gasteiger partial charge is 0.310 e. The van der Waals surface area contributed by atoms with Crippen molar-refractivity contribution in [1.82, 2.24) is 0 Å². The summed E-state index contributed by atoms with van der Waals surface area (Å²) in [7, 11) is 0. The summed E-state index contributed by atoms with van der Waals surface area (Å²) in [4.78, 5) is 0. The van der Waals surface area contributed by atoms with Crippen LogP contribution in [0.15, 0.2) is 23.3 Å². The van der Waals surface area contributed by atoms with Crippen LogP contribution in [0, 0.1) is 0 Å². The molecule has 1 aliphatic carbocycles. The van der Waals surface area contributed by atoms with Gasteiger partial charge in [-0.05, 0) is 12.2 Å². The van der Waals surface area contributed by atoms with Gasteiger partial charge in [-0.3, -0.25) is 0 Å². The van der Waals surface area contributed by atoms with Crippen LogP contribution in [0.1, 0.15) is 6.42 Å². The summed E-state index contributed by atoms with van der Waals surface area (Å²) in [6.07, 6.45) is 5.96. The lowest BCUT2D eigenvalue weighted by Crippen LogP contribution is -2.47. The van der Waals surface area contributed by atoms with Crippen LogP contribution in [-0.4, -0.2) is 5.66 Å². The molecule has 1 rings (SSSR count). The molecule has 0 saturated heterocycles. The Kier molecular flexibility index (Phi) is 1.62. The van der Waals surface area contributed by atoms with Gasteiger partial charge in [-0.25, -0.2) is 0 Å². The van der Waals surface area contributed by atoms with E-state index in [2.05, 4.69) is 0 Å². The summed E-state index contributed by atoms with van der Waals surface area (Å²) < 4.78 is 0. The van der Waals surface area contributed by atoms with Gasteiger partial charge >= 0.3 is 0 Å². The summed E-state index contributed by atoms with van der Waals surface area (Å²) in [5.41, 5.74) is 10.3. The molecule has 9 heavy (non-hydrogen) atoms. The van der Waals surface area contributed by atoms with Crippen molar-refractivity contribution < 1.29 is 0 Å². The van der Waals surface area contributed by atoms with Crippen LogP contribution >= 0.6 is 11.6 Å². The predicted molar refractivity (Wildman–Crippen MR) is 38.8 cm³/mol. The molecule has 0 saturated carbocycles. The average molecular weight is 145 g/mol. The molecule has 3 heteroatoms. The molecular weight excluding hydrogens is 136 g/mol. The van der Waals surface area contributed by atoms with Gasteiger partial charge in [-0.2, -0.15) is 0 Å². The Morgan fingerprint density at radius 2 is 2.22 bits per heavy atom. The zero-order valence-corrected chi connectivity index (χ0v) is 5.73. The molecule has 2 nitrogen and oxygen atoms in total. The van der Waals surface area contributed by atoms with Gasteiger partial charge in [0, 0.05) is 11.5 Å². The van der Waals surface area contributed by atoms with Crippen LogP contribution in [0.2, 0.25) is 0 Å². The van der Waals surface area contributed by atoms with Crippen molar-refractivity contribution >= 4 is 11.6 Å². The van der Waals surface area contributed by atoms with Gasteiger partial charge in [0.2, 0.25) is 0 Å². The van der Waals surface area contributed by atoms with Gasteiger partial charge in [0.05, 0.1) is 5.66 Å². The Balaban J connectivity index is 2.78. The first-order chi connectivity index (χ1) is 4.10. The summed E-state index contributed by atoms with van der Waals surface area (Å²) in [6.45, 7) is 0. The predicted octanol–water partition coefficient (Wildman–Crippen LogP) is 0.683. The smallest absolute Gasteiger partial charge is 0.0881 e. The second kappa shape index (κ2) is 2.14. The molecule has 0 aromatic rings. The zero-order valence-electron chi connectivity index (χ0n) is 4.97. The molecule has 0 radical (unpaired) electrons. The maximum absolute atomic E-state index is 5.62. The van der Waals surface area contributed by atoms with Crippen molar-refractivity contribution in [2.45, 2.75) is 12.1 Å². The van der Waals surface area contributed by atoms with E-state index >= 15 is 0 Å². The highest BCUT2D eigenvalue weighted by Gasteiger charge is 2.16. The Morgan fingerprint density at radius 1 is 1.56 bits per heavy atom. The zero-order chi connectivity index (χ0) is 6.91. The number of rotatable bonds is 0. The van der Waals surface area contributed by atoms with E-state index in [0.717, 1.165) is 0 Å². The van der Waals surface area contributed by atoms with Crippen molar-refractivity contribution in [3.05, 3.63) is 23.3 Å². The minimum atomic E-state index is -0.730. The number of hydrogen-bond donors (Lipinski definition) is 2. The van der Waals surface area contributed by atoms with E-state index in [0.29, 0.717) is 11.5 Å². The van der Waals surface area contributed by atoms with Crippen molar-refractivity contribution in [2.24, 2.45) is 11.5 Å². The van der Waals surface area contributed by atoms with Gasteiger partial charge in [-0.15, -0.1) is 0 Å². The lowest BCUT2D eigenvalue weighted by molar-refractivity contribution is 0.556. The fourth-order valence-electron chi connectivity index (χ4n) is 0.739. The van der Waals surface area contributed by atoms with Gasteiger partial charge in [-0.1, -0.05) is 17.7 Å². The summed E-state index contributed by atoms with van der Waals surface area (Å²) >= 11 is 5.62. The van der Waals surface area contributed by atoms with Crippen LogP contribution in [0.25, 0.3) is 0 Å². The van der Waals surface area contributed by atoms with E-state index in [1.165, 1.54) is 0 Å². The minimum absolute atomic E-state index is 0.617. The maximum Gasteiger partial charge on any atom is 0.0881 e. The van der Waals surface area contributed by atoms with E-state index in [4.69, 9.17) is 23.1 Å². The number of nitrogens with two attached hydrogens (primary N) is 2. The van der Waals surface area contributed by atoms with Crippen molar-refractivity contribution in [3.8, 4) is 0 Å².